The average molecular weight is 378 g/mol. The van der Waals surface area contributed by atoms with Crippen LogP contribution < -0.4 is 0 Å². The van der Waals surface area contributed by atoms with Crippen LogP contribution in [0.25, 0.3) is 5.69 Å². The minimum Gasteiger partial charge on any atom is -0.476 e. The van der Waals surface area contributed by atoms with Crippen molar-refractivity contribution in [1.82, 2.24) is 15.0 Å². The van der Waals surface area contributed by atoms with Gasteiger partial charge in [-0.3, -0.25) is 0 Å². The van der Waals surface area contributed by atoms with Crippen LogP contribution in [0.3, 0.4) is 0 Å². The van der Waals surface area contributed by atoms with Gasteiger partial charge in [0.1, 0.15) is 0 Å². The highest BCUT2D eigenvalue weighted by molar-refractivity contribution is 14.1. The second-order valence-electron chi connectivity index (χ2n) is 3.55. The lowest BCUT2D eigenvalue weighted by Crippen LogP contribution is -2.07. The molecule has 5 nitrogen and oxygen atoms in total. The van der Waals surface area contributed by atoms with Crippen LogP contribution in [0.1, 0.15) is 23.1 Å². The Morgan fingerprint density at radius 1 is 1.56 bits per heavy atom. The third-order valence-corrected chi connectivity index (χ3v) is 3.54. The van der Waals surface area contributed by atoms with Crippen LogP contribution >= 0.6 is 34.2 Å². The van der Waals surface area contributed by atoms with Crippen molar-refractivity contribution in [1.29, 1.82) is 0 Å². The Labute approximate surface area is 122 Å². The summed E-state index contributed by atoms with van der Waals surface area (Å²) in [7, 11) is 0. The van der Waals surface area contributed by atoms with E-state index in [1.807, 2.05) is 6.92 Å². The molecule has 0 saturated heterocycles. The molecule has 1 aromatic carbocycles. The van der Waals surface area contributed by atoms with Gasteiger partial charge in [0.2, 0.25) is 0 Å². The Morgan fingerprint density at radius 2 is 2.28 bits per heavy atom. The lowest BCUT2D eigenvalue weighted by molar-refractivity contribution is 0.0689. The smallest absolute Gasteiger partial charge is 0.358 e. The summed E-state index contributed by atoms with van der Waals surface area (Å²) in [4.78, 5) is 11.0. The van der Waals surface area contributed by atoms with Crippen molar-refractivity contribution < 1.29 is 9.90 Å². The van der Waals surface area contributed by atoms with Crippen LogP contribution in [0, 0.1) is 3.57 Å². The second kappa shape index (κ2) is 5.23. The molecule has 0 aliphatic carbocycles. The molecule has 0 atom stereocenters. The summed E-state index contributed by atoms with van der Waals surface area (Å²) in [6.07, 6.45) is 0.535. The number of nitrogens with zero attached hydrogens (tertiary/aromatic N) is 3. The number of hydrogen-bond acceptors (Lipinski definition) is 3. The Morgan fingerprint density at radius 3 is 2.83 bits per heavy atom. The zero-order valence-electron chi connectivity index (χ0n) is 9.39. The van der Waals surface area contributed by atoms with Gasteiger partial charge in [0.15, 0.2) is 5.69 Å². The van der Waals surface area contributed by atoms with Gasteiger partial charge in [-0.15, -0.1) is 5.10 Å². The van der Waals surface area contributed by atoms with E-state index in [0.29, 0.717) is 17.1 Å². The van der Waals surface area contributed by atoms with E-state index in [1.165, 1.54) is 0 Å². The highest BCUT2D eigenvalue weighted by Gasteiger charge is 2.19. The fourth-order valence-electron chi connectivity index (χ4n) is 1.63. The van der Waals surface area contributed by atoms with E-state index in [-0.39, 0.29) is 5.69 Å². The van der Waals surface area contributed by atoms with Crippen LogP contribution in [-0.2, 0) is 6.42 Å². The number of benzene rings is 1. The number of aromatic carboxylic acids is 1. The van der Waals surface area contributed by atoms with Gasteiger partial charge in [-0.05, 0) is 47.2 Å². The summed E-state index contributed by atoms with van der Waals surface area (Å²) in [6.45, 7) is 1.87. The molecule has 0 aliphatic rings. The van der Waals surface area contributed by atoms with Gasteiger partial charge < -0.3 is 5.11 Å². The molecule has 1 heterocycles. The fourth-order valence-corrected chi connectivity index (χ4v) is 2.73. The molecule has 0 bridgehead atoms. The van der Waals surface area contributed by atoms with Gasteiger partial charge in [-0.2, -0.15) is 0 Å². The van der Waals surface area contributed by atoms with Crippen molar-refractivity contribution in [2.24, 2.45) is 0 Å². The maximum atomic E-state index is 11.0. The third kappa shape index (κ3) is 2.35. The van der Waals surface area contributed by atoms with E-state index < -0.39 is 5.97 Å². The van der Waals surface area contributed by atoms with E-state index in [9.17, 15) is 4.79 Å². The van der Waals surface area contributed by atoms with E-state index in [0.717, 1.165) is 9.26 Å². The number of halogens is 2. The lowest BCUT2D eigenvalue weighted by Gasteiger charge is -2.07. The third-order valence-electron chi connectivity index (χ3n) is 2.44. The summed E-state index contributed by atoms with van der Waals surface area (Å²) in [5, 5.41) is 17.3. The molecule has 0 saturated carbocycles. The van der Waals surface area contributed by atoms with Gasteiger partial charge in [0.25, 0.3) is 0 Å². The summed E-state index contributed by atoms with van der Waals surface area (Å²) >= 11 is 8.02. The largest absolute Gasteiger partial charge is 0.476 e. The summed E-state index contributed by atoms with van der Waals surface area (Å²) in [6, 6.07) is 5.32. The highest BCUT2D eigenvalue weighted by Crippen LogP contribution is 2.23. The SMILES string of the molecule is CCc1c(C(=O)O)nnn1-c1ccc(Cl)cc1I. The minimum absolute atomic E-state index is 0.0109. The molecule has 0 fully saturated rings. The zero-order chi connectivity index (χ0) is 13.3. The first-order chi connectivity index (χ1) is 8.54. The van der Waals surface area contributed by atoms with Crippen LogP contribution in [0.5, 0.6) is 0 Å². The molecule has 2 aromatic rings. The predicted molar refractivity (Wildman–Crippen MR) is 75.4 cm³/mol. The maximum absolute atomic E-state index is 11.0. The molecule has 0 unspecified atom stereocenters. The van der Waals surface area contributed by atoms with Crippen LogP contribution in [0.4, 0.5) is 0 Å². The fraction of sp³-hybridized carbons (Fsp3) is 0.182. The van der Waals surface area contributed by atoms with Gasteiger partial charge in [0, 0.05) is 8.59 Å². The lowest BCUT2D eigenvalue weighted by atomic mass is 10.2. The van der Waals surface area contributed by atoms with Gasteiger partial charge in [-0.25, -0.2) is 9.48 Å². The topological polar surface area (TPSA) is 68.0 Å². The number of hydrogen-bond donors (Lipinski definition) is 1. The Bertz CT molecular complexity index is 612. The van der Waals surface area contributed by atoms with E-state index in [1.54, 1.807) is 22.9 Å². The molecule has 0 aliphatic heterocycles. The van der Waals surface area contributed by atoms with Crippen molar-refractivity contribution in [3.05, 3.63) is 38.2 Å². The van der Waals surface area contributed by atoms with Crippen molar-refractivity contribution in [3.63, 3.8) is 0 Å². The standard InChI is InChI=1S/C11H9ClIN3O2/c1-2-8-10(11(17)18)14-15-16(8)9-4-3-6(12)5-7(9)13/h3-5H,2H2,1H3,(H,17,18). The molecular weight excluding hydrogens is 368 g/mol. The number of carboxylic acid groups (broad SMARTS) is 1. The average Bonchev–Trinajstić information content (AvgIpc) is 2.72. The zero-order valence-corrected chi connectivity index (χ0v) is 12.3. The molecule has 0 amide bonds. The van der Waals surface area contributed by atoms with Crippen molar-refractivity contribution >= 4 is 40.2 Å². The van der Waals surface area contributed by atoms with E-state index >= 15 is 0 Å². The Hall–Kier alpha value is -1.15. The van der Waals surface area contributed by atoms with E-state index in [4.69, 9.17) is 16.7 Å². The predicted octanol–water partition coefficient (Wildman–Crippen LogP) is 2.79. The maximum Gasteiger partial charge on any atom is 0.358 e. The molecule has 2 rings (SSSR count). The Balaban J connectivity index is 2.60. The summed E-state index contributed by atoms with van der Waals surface area (Å²) in [5.74, 6) is -1.07. The van der Waals surface area contributed by atoms with Gasteiger partial charge in [-0.1, -0.05) is 23.7 Å². The monoisotopic (exact) mass is 377 g/mol. The second-order valence-corrected chi connectivity index (χ2v) is 5.15. The molecule has 0 radical (unpaired) electrons. The van der Waals surface area contributed by atoms with Gasteiger partial charge >= 0.3 is 5.97 Å². The Kier molecular flexibility index (Phi) is 3.86. The number of rotatable bonds is 3. The van der Waals surface area contributed by atoms with Gasteiger partial charge in [0.05, 0.1) is 11.4 Å². The van der Waals surface area contributed by atoms with Crippen LogP contribution in [-0.4, -0.2) is 26.1 Å². The minimum atomic E-state index is -1.07. The first kappa shape index (κ1) is 13.3. The first-order valence-corrected chi connectivity index (χ1v) is 6.63. The number of carboxylic acids is 1. The molecule has 18 heavy (non-hydrogen) atoms. The first-order valence-electron chi connectivity index (χ1n) is 5.18. The van der Waals surface area contributed by atoms with Crippen molar-refractivity contribution in [2.45, 2.75) is 13.3 Å². The molecule has 7 heteroatoms. The number of carbonyl (C=O) groups is 1. The quantitative estimate of drug-likeness (QED) is 0.835. The van der Waals surface area contributed by atoms with E-state index in [2.05, 4.69) is 32.9 Å². The summed E-state index contributed by atoms with van der Waals surface area (Å²) in [5.41, 5.74) is 1.34. The highest BCUT2D eigenvalue weighted by atomic mass is 127. The molecule has 1 N–H and O–H groups in total. The normalized spacial score (nSPS) is 10.6. The van der Waals surface area contributed by atoms with Crippen LogP contribution in [0.2, 0.25) is 5.02 Å². The molecular formula is C11H9ClIN3O2. The van der Waals surface area contributed by atoms with Crippen molar-refractivity contribution in [3.8, 4) is 5.69 Å². The summed E-state index contributed by atoms with van der Waals surface area (Å²) < 4.78 is 2.43. The molecule has 0 spiro atoms. The van der Waals surface area contributed by atoms with Crippen molar-refractivity contribution in [2.75, 3.05) is 0 Å². The molecule has 94 valence electrons. The van der Waals surface area contributed by atoms with Crippen LogP contribution in [0.15, 0.2) is 18.2 Å². The molecule has 1 aromatic heterocycles. The number of aromatic nitrogens is 3.